The van der Waals surface area contributed by atoms with Crippen molar-refractivity contribution in [2.45, 2.75) is 6.92 Å². The first-order valence-corrected chi connectivity index (χ1v) is 7.01. The van der Waals surface area contributed by atoms with Crippen LogP contribution in [0.1, 0.15) is 5.69 Å². The minimum absolute atomic E-state index is 0.0681. The lowest BCUT2D eigenvalue weighted by Gasteiger charge is -2.04. The summed E-state index contributed by atoms with van der Waals surface area (Å²) in [4.78, 5) is 18.5. The molecule has 2 heterocycles. The van der Waals surface area contributed by atoms with Crippen LogP contribution in [0.15, 0.2) is 39.6 Å². The number of H-pyrrole nitrogens is 1. The topological polar surface area (TPSA) is 45.8 Å². The van der Waals surface area contributed by atoms with E-state index in [-0.39, 0.29) is 4.87 Å². The van der Waals surface area contributed by atoms with Crippen molar-refractivity contribution in [1.29, 1.82) is 0 Å². The van der Waals surface area contributed by atoms with Crippen molar-refractivity contribution in [3.8, 4) is 11.1 Å². The molecule has 90 valence electrons. The molecule has 0 radical (unpaired) electrons. The van der Waals surface area contributed by atoms with E-state index in [9.17, 15) is 4.79 Å². The number of rotatable bonds is 1. The second-order valence-corrected chi connectivity index (χ2v) is 5.91. The summed E-state index contributed by atoms with van der Waals surface area (Å²) < 4.78 is 1.95. The highest BCUT2D eigenvalue weighted by Gasteiger charge is 2.09. The Bertz CT molecular complexity index is 774. The number of aryl methyl sites for hydroxylation is 1. The van der Waals surface area contributed by atoms with Gasteiger partial charge in [0.15, 0.2) is 5.65 Å². The Labute approximate surface area is 116 Å². The Morgan fingerprint density at radius 3 is 2.72 bits per heavy atom. The number of fused-ring (bicyclic) bond motifs is 1. The van der Waals surface area contributed by atoms with Crippen LogP contribution in [0, 0.1) is 6.92 Å². The predicted molar refractivity (Wildman–Crippen MR) is 78.1 cm³/mol. The van der Waals surface area contributed by atoms with E-state index in [2.05, 4.69) is 25.9 Å². The van der Waals surface area contributed by atoms with Gasteiger partial charge in [-0.25, -0.2) is 4.98 Å². The molecule has 18 heavy (non-hydrogen) atoms. The summed E-state index contributed by atoms with van der Waals surface area (Å²) in [6.45, 7) is 1.93. The number of hydrogen-bond acceptors (Lipinski definition) is 3. The molecular formula is C13H9BrN2OS. The zero-order valence-electron chi connectivity index (χ0n) is 9.53. The number of nitrogens with one attached hydrogen (secondary N) is 1. The molecule has 0 aliphatic carbocycles. The van der Waals surface area contributed by atoms with Crippen LogP contribution in [0.25, 0.3) is 21.5 Å². The molecule has 2 aromatic heterocycles. The molecule has 0 unspecified atom stereocenters. The predicted octanol–water partition coefficient (Wildman–Crippen LogP) is 3.72. The number of thiazole rings is 1. The molecule has 0 saturated heterocycles. The fourth-order valence-corrected chi connectivity index (χ4v) is 2.99. The highest BCUT2D eigenvalue weighted by atomic mass is 79.9. The summed E-state index contributed by atoms with van der Waals surface area (Å²) in [5, 5.41) is 0. The third-order valence-electron chi connectivity index (χ3n) is 2.67. The smallest absolute Gasteiger partial charge is 0.297 e. The maximum absolute atomic E-state index is 11.5. The van der Waals surface area contributed by atoms with Crippen LogP contribution in [-0.4, -0.2) is 9.97 Å². The van der Waals surface area contributed by atoms with Crippen molar-refractivity contribution >= 4 is 37.6 Å². The molecule has 3 aromatic rings. The second-order valence-electron chi connectivity index (χ2n) is 4.01. The number of aromatic amines is 1. The van der Waals surface area contributed by atoms with E-state index in [0.29, 0.717) is 5.65 Å². The van der Waals surface area contributed by atoms with Crippen molar-refractivity contribution in [2.75, 3.05) is 0 Å². The van der Waals surface area contributed by atoms with Crippen LogP contribution in [0.2, 0.25) is 0 Å². The normalized spacial score (nSPS) is 11.0. The monoisotopic (exact) mass is 320 g/mol. The van der Waals surface area contributed by atoms with Gasteiger partial charge in [0.2, 0.25) is 0 Å². The zero-order valence-corrected chi connectivity index (χ0v) is 11.9. The average molecular weight is 321 g/mol. The van der Waals surface area contributed by atoms with Crippen LogP contribution < -0.4 is 4.87 Å². The number of nitrogens with zero attached hydrogens (tertiary/aromatic N) is 1. The number of pyridine rings is 1. The van der Waals surface area contributed by atoms with E-state index >= 15 is 0 Å². The van der Waals surface area contributed by atoms with E-state index in [0.717, 1.165) is 26.0 Å². The molecule has 3 nitrogen and oxygen atoms in total. The first kappa shape index (κ1) is 11.6. The molecule has 0 bridgehead atoms. The second kappa shape index (κ2) is 4.33. The van der Waals surface area contributed by atoms with Crippen LogP contribution in [-0.2, 0) is 0 Å². The molecule has 0 aliphatic heterocycles. The maximum atomic E-state index is 11.5. The molecule has 3 rings (SSSR count). The lowest BCUT2D eigenvalue weighted by molar-refractivity contribution is 1.21. The van der Waals surface area contributed by atoms with Gasteiger partial charge in [0, 0.05) is 15.7 Å². The van der Waals surface area contributed by atoms with E-state index in [1.165, 1.54) is 11.3 Å². The summed E-state index contributed by atoms with van der Waals surface area (Å²) in [5.74, 6) is 0. The van der Waals surface area contributed by atoms with Crippen LogP contribution in [0.3, 0.4) is 0 Å². The van der Waals surface area contributed by atoms with Crippen molar-refractivity contribution in [3.63, 3.8) is 0 Å². The highest BCUT2D eigenvalue weighted by molar-refractivity contribution is 9.10. The Morgan fingerprint density at radius 2 is 2.00 bits per heavy atom. The Morgan fingerprint density at radius 1 is 1.28 bits per heavy atom. The number of halogens is 1. The molecular weight excluding hydrogens is 312 g/mol. The van der Waals surface area contributed by atoms with Crippen molar-refractivity contribution < 1.29 is 0 Å². The molecule has 0 atom stereocenters. The van der Waals surface area contributed by atoms with Crippen molar-refractivity contribution in [2.24, 2.45) is 0 Å². The van der Waals surface area contributed by atoms with Gasteiger partial charge in [-0.15, -0.1) is 0 Å². The molecule has 1 aromatic carbocycles. The third kappa shape index (κ3) is 2.00. The van der Waals surface area contributed by atoms with Gasteiger partial charge in [0.05, 0.1) is 4.70 Å². The molecule has 0 spiro atoms. The number of aromatic nitrogens is 2. The fraction of sp³-hybridized carbons (Fsp3) is 0.0769. The van der Waals surface area contributed by atoms with Crippen LogP contribution >= 0.6 is 27.3 Å². The Hall–Kier alpha value is -1.46. The lowest BCUT2D eigenvalue weighted by Crippen LogP contribution is -1.91. The van der Waals surface area contributed by atoms with Gasteiger partial charge in [-0.1, -0.05) is 39.4 Å². The summed E-state index contributed by atoms with van der Waals surface area (Å²) in [6.07, 6.45) is 0. The lowest BCUT2D eigenvalue weighted by atomic mass is 10.1. The quantitative estimate of drug-likeness (QED) is 0.742. The minimum atomic E-state index is -0.0681. The first-order chi connectivity index (χ1) is 8.63. The fourth-order valence-electron chi connectivity index (χ4n) is 1.91. The Balaban J connectivity index is 2.33. The van der Waals surface area contributed by atoms with E-state index in [1.54, 1.807) is 0 Å². The average Bonchev–Trinajstić information content (AvgIpc) is 2.69. The Kier molecular flexibility index (Phi) is 2.80. The van der Waals surface area contributed by atoms with Crippen LogP contribution in [0.4, 0.5) is 0 Å². The number of hydrogen-bond donors (Lipinski definition) is 1. The molecule has 1 N–H and O–H groups in total. The standard InChI is InChI=1S/C13H9BrN2OS/c1-7-6-10(8-2-4-9(14)5-3-8)11-12(15-7)16-13(17)18-11/h2-6H,1H3,(H,15,16,17). The van der Waals surface area contributed by atoms with Gasteiger partial charge >= 0.3 is 4.87 Å². The molecule has 0 fully saturated rings. The minimum Gasteiger partial charge on any atom is -0.297 e. The molecule has 5 heteroatoms. The molecule has 0 amide bonds. The van der Waals surface area contributed by atoms with Crippen LogP contribution in [0.5, 0.6) is 0 Å². The van der Waals surface area contributed by atoms with E-state index in [1.807, 2.05) is 37.3 Å². The maximum Gasteiger partial charge on any atom is 0.306 e. The van der Waals surface area contributed by atoms with E-state index in [4.69, 9.17) is 0 Å². The largest absolute Gasteiger partial charge is 0.306 e. The van der Waals surface area contributed by atoms with Gasteiger partial charge in [0.25, 0.3) is 0 Å². The third-order valence-corrected chi connectivity index (χ3v) is 4.11. The summed E-state index contributed by atoms with van der Waals surface area (Å²) in [5.41, 5.74) is 3.70. The molecule has 0 saturated carbocycles. The van der Waals surface area contributed by atoms with Crippen molar-refractivity contribution in [3.05, 3.63) is 50.2 Å². The van der Waals surface area contributed by atoms with Gasteiger partial charge < -0.3 is 0 Å². The van der Waals surface area contributed by atoms with Gasteiger partial charge in [-0.05, 0) is 30.7 Å². The van der Waals surface area contributed by atoms with Gasteiger partial charge in [-0.3, -0.25) is 9.78 Å². The highest BCUT2D eigenvalue weighted by Crippen LogP contribution is 2.30. The first-order valence-electron chi connectivity index (χ1n) is 5.40. The zero-order chi connectivity index (χ0) is 12.7. The molecule has 0 aliphatic rings. The van der Waals surface area contributed by atoms with E-state index < -0.39 is 0 Å². The number of benzene rings is 1. The van der Waals surface area contributed by atoms with Gasteiger partial charge in [0.1, 0.15) is 0 Å². The van der Waals surface area contributed by atoms with Gasteiger partial charge in [-0.2, -0.15) is 0 Å². The van der Waals surface area contributed by atoms with Crippen molar-refractivity contribution in [1.82, 2.24) is 9.97 Å². The summed E-state index contributed by atoms with van der Waals surface area (Å²) in [7, 11) is 0. The SMILES string of the molecule is Cc1cc(-c2ccc(Br)cc2)c2sc(=O)[nH]c2n1. The summed E-state index contributed by atoms with van der Waals surface area (Å²) in [6, 6.07) is 10.1. The summed E-state index contributed by atoms with van der Waals surface area (Å²) >= 11 is 4.62.